The van der Waals surface area contributed by atoms with Crippen LogP contribution in [0.25, 0.3) is 0 Å². The van der Waals surface area contributed by atoms with Crippen molar-refractivity contribution in [1.82, 2.24) is 4.90 Å². The molecule has 0 bridgehead atoms. The van der Waals surface area contributed by atoms with Gasteiger partial charge < -0.3 is 9.64 Å². The molecule has 0 saturated carbocycles. The van der Waals surface area contributed by atoms with Crippen LogP contribution in [0.2, 0.25) is 0 Å². The van der Waals surface area contributed by atoms with Gasteiger partial charge in [-0.25, -0.2) is 9.18 Å². The number of hydrogen-bond acceptors (Lipinski definition) is 3. The first-order chi connectivity index (χ1) is 10.9. The molecule has 5 heteroatoms. The molecule has 2 rings (SSSR count). The van der Waals surface area contributed by atoms with E-state index in [1.165, 1.54) is 6.07 Å². The van der Waals surface area contributed by atoms with E-state index in [-0.39, 0.29) is 24.1 Å². The average Bonchev–Trinajstić information content (AvgIpc) is 2.51. The Hall–Kier alpha value is -1.91. The predicted octanol–water partition coefficient (Wildman–Crippen LogP) is 2.93. The van der Waals surface area contributed by atoms with Crippen molar-refractivity contribution in [2.24, 2.45) is 0 Å². The van der Waals surface area contributed by atoms with Crippen molar-refractivity contribution in [2.75, 3.05) is 13.2 Å². The molecular weight excluding hydrogens is 297 g/mol. The quantitative estimate of drug-likeness (QED) is 0.801. The minimum absolute atomic E-state index is 0.0200. The molecule has 1 amide bonds. The first kappa shape index (κ1) is 17.4. The van der Waals surface area contributed by atoms with E-state index in [2.05, 4.69) is 0 Å². The summed E-state index contributed by atoms with van der Waals surface area (Å²) in [7, 11) is 0. The Labute approximate surface area is 136 Å². The van der Waals surface area contributed by atoms with Crippen LogP contribution < -0.4 is 0 Å². The number of carbonyl (C=O) groups is 2. The van der Waals surface area contributed by atoms with Crippen molar-refractivity contribution in [2.45, 2.75) is 52.5 Å². The van der Waals surface area contributed by atoms with Crippen molar-refractivity contribution in [3.05, 3.63) is 34.6 Å². The minimum Gasteiger partial charge on any atom is -0.464 e. The molecule has 0 spiro atoms. The monoisotopic (exact) mass is 321 g/mol. The second kappa shape index (κ2) is 7.57. The fraction of sp³-hybridized carbons (Fsp3) is 0.556. The number of likely N-dealkylation sites (tertiary alicyclic amines) is 1. The van der Waals surface area contributed by atoms with Gasteiger partial charge in [0.25, 0.3) is 0 Å². The number of amides is 1. The molecule has 1 saturated heterocycles. The third-order valence-corrected chi connectivity index (χ3v) is 4.27. The van der Waals surface area contributed by atoms with Crippen LogP contribution >= 0.6 is 0 Å². The standard InChI is InChI=1S/C18H24FNO3/c1-4-23-18(22)16-7-5-6-8-20(16)17(21)11-14-13(3)9-12(2)10-15(14)19/h9-10,16H,4-8,11H2,1-3H3. The molecule has 0 aromatic heterocycles. The van der Waals surface area contributed by atoms with E-state index in [1.54, 1.807) is 18.7 Å². The molecule has 1 aromatic rings. The van der Waals surface area contributed by atoms with Gasteiger partial charge in [0.2, 0.25) is 5.91 Å². The van der Waals surface area contributed by atoms with E-state index in [4.69, 9.17) is 4.74 Å². The summed E-state index contributed by atoms with van der Waals surface area (Å²) in [6, 6.07) is 2.77. The SMILES string of the molecule is CCOC(=O)C1CCCCN1C(=O)Cc1c(C)cc(C)cc1F. The van der Waals surface area contributed by atoms with Gasteiger partial charge in [-0.05, 0) is 57.2 Å². The lowest BCUT2D eigenvalue weighted by Gasteiger charge is -2.34. The number of nitrogens with zero attached hydrogens (tertiary/aromatic N) is 1. The number of aryl methyl sites for hydroxylation is 2. The second-order valence-electron chi connectivity index (χ2n) is 6.07. The summed E-state index contributed by atoms with van der Waals surface area (Å²) in [5.41, 5.74) is 2.01. The van der Waals surface area contributed by atoms with E-state index in [9.17, 15) is 14.0 Å². The largest absolute Gasteiger partial charge is 0.464 e. The predicted molar refractivity (Wildman–Crippen MR) is 85.6 cm³/mol. The molecule has 1 aliphatic heterocycles. The van der Waals surface area contributed by atoms with E-state index < -0.39 is 6.04 Å². The Morgan fingerprint density at radius 2 is 2.04 bits per heavy atom. The molecular formula is C18H24FNO3. The summed E-state index contributed by atoms with van der Waals surface area (Å²) in [6.07, 6.45) is 2.34. The van der Waals surface area contributed by atoms with Crippen LogP contribution in [0.3, 0.4) is 0 Å². The fourth-order valence-corrected chi connectivity index (χ4v) is 3.14. The Balaban J connectivity index is 2.16. The third kappa shape index (κ3) is 4.09. The van der Waals surface area contributed by atoms with Crippen molar-refractivity contribution in [3.8, 4) is 0 Å². The molecule has 1 heterocycles. The average molecular weight is 321 g/mol. The summed E-state index contributed by atoms with van der Waals surface area (Å²) in [5.74, 6) is -0.934. The molecule has 1 aromatic carbocycles. The number of rotatable bonds is 4. The van der Waals surface area contributed by atoms with E-state index in [0.717, 1.165) is 24.0 Å². The number of benzene rings is 1. The van der Waals surface area contributed by atoms with Gasteiger partial charge in [-0.15, -0.1) is 0 Å². The summed E-state index contributed by atoms with van der Waals surface area (Å²) in [6.45, 7) is 6.19. The van der Waals surface area contributed by atoms with Crippen LogP contribution in [0, 0.1) is 19.7 Å². The van der Waals surface area contributed by atoms with Crippen molar-refractivity contribution in [3.63, 3.8) is 0 Å². The van der Waals surface area contributed by atoms with Crippen LogP contribution in [0.15, 0.2) is 12.1 Å². The van der Waals surface area contributed by atoms with Gasteiger partial charge in [0.05, 0.1) is 13.0 Å². The lowest BCUT2D eigenvalue weighted by Crippen LogP contribution is -2.49. The van der Waals surface area contributed by atoms with Crippen molar-refractivity contribution in [1.29, 1.82) is 0 Å². The van der Waals surface area contributed by atoms with Crippen LogP contribution in [0.1, 0.15) is 42.9 Å². The smallest absolute Gasteiger partial charge is 0.328 e. The molecule has 1 fully saturated rings. The lowest BCUT2D eigenvalue weighted by molar-refractivity contribution is -0.156. The highest BCUT2D eigenvalue weighted by molar-refractivity contribution is 5.86. The zero-order chi connectivity index (χ0) is 17.0. The molecule has 1 atom stereocenters. The third-order valence-electron chi connectivity index (χ3n) is 4.27. The molecule has 4 nitrogen and oxygen atoms in total. The Kier molecular flexibility index (Phi) is 5.74. The number of piperidine rings is 1. The Bertz CT molecular complexity index is 577. The van der Waals surface area contributed by atoms with E-state index in [0.29, 0.717) is 25.1 Å². The first-order valence-corrected chi connectivity index (χ1v) is 8.15. The topological polar surface area (TPSA) is 46.6 Å². The van der Waals surface area contributed by atoms with Crippen LogP contribution in [0.4, 0.5) is 4.39 Å². The molecule has 126 valence electrons. The molecule has 0 aliphatic carbocycles. The molecule has 0 radical (unpaired) electrons. The minimum atomic E-state index is -0.537. The van der Waals surface area contributed by atoms with Crippen LogP contribution in [-0.2, 0) is 20.7 Å². The van der Waals surface area contributed by atoms with Gasteiger partial charge in [0.1, 0.15) is 11.9 Å². The number of hydrogen-bond donors (Lipinski definition) is 0. The molecule has 23 heavy (non-hydrogen) atoms. The zero-order valence-corrected chi connectivity index (χ0v) is 14.0. The highest BCUT2D eigenvalue weighted by Crippen LogP contribution is 2.22. The maximum atomic E-state index is 14.2. The number of halogens is 1. The molecule has 1 aliphatic rings. The van der Waals surface area contributed by atoms with Crippen LogP contribution in [0.5, 0.6) is 0 Å². The Morgan fingerprint density at radius 3 is 2.70 bits per heavy atom. The maximum Gasteiger partial charge on any atom is 0.328 e. The summed E-state index contributed by atoms with van der Waals surface area (Å²) in [4.78, 5) is 26.2. The Morgan fingerprint density at radius 1 is 1.30 bits per heavy atom. The summed E-state index contributed by atoms with van der Waals surface area (Å²) >= 11 is 0. The highest BCUT2D eigenvalue weighted by Gasteiger charge is 2.33. The van der Waals surface area contributed by atoms with E-state index in [1.807, 2.05) is 13.0 Å². The molecule has 1 unspecified atom stereocenters. The zero-order valence-electron chi connectivity index (χ0n) is 14.0. The number of ether oxygens (including phenoxy) is 1. The lowest BCUT2D eigenvalue weighted by atomic mass is 9.98. The van der Waals surface area contributed by atoms with Gasteiger partial charge in [-0.2, -0.15) is 0 Å². The van der Waals surface area contributed by atoms with Gasteiger partial charge in [-0.1, -0.05) is 6.07 Å². The first-order valence-electron chi connectivity index (χ1n) is 8.15. The molecule has 0 N–H and O–H groups in total. The number of carbonyl (C=O) groups excluding carboxylic acids is 2. The second-order valence-corrected chi connectivity index (χ2v) is 6.07. The van der Waals surface area contributed by atoms with Crippen LogP contribution in [-0.4, -0.2) is 36.0 Å². The van der Waals surface area contributed by atoms with Gasteiger partial charge in [0.15, 0.2) is 0 Å². The maximum absolute atomic E-state index is 14.2. The van der Waals surface area contributed by atoms with Gasteiger partial charge >= 0.3 is 5.97 Å². The highest BCUT2D eigenvalue weighted by atomic mass is 19.1. The van der Waals surface area contributed by atoms with Gasteiger partial charge in [-0.3, -0.25) is 4.79 Å². The van der Waals surface area contributed by atoms with Gasteiger partial charge in [0, 0.05) is 12.1 Å². The fourth-order valence-electron chi connectivity index (χ4n) is 3.14. The van der Waals surface area contributed by atoms with Crippen molar-refractivity contribution >= 4 is 11.9 Å². The van der Waals surface area contributed by atoms with E-state index >= 15 is 0 Å². The summed E-state index contributed by atoms with van der Waals surface area (Å²) in [5, 5.41) is 0. The number of esters is 1. The van der Waals surface area contributed by atoms with Crippen molar-refractivity contribution < 1.29 is 18.7 Å². The summed E-state index contributed by atoms with van der Waals surface area (Å²) < 4.78 is 19.2. The normalized spacial score (nSPS) is 17.9.